The molecule has 0 radical (unpaired) electrons. The van der Waals surface area contributed by atoms with E-state index in [0.29, 0.717) is 16.2 Å². The molecule has 0 aliphatic rings. The Morgan fingerprint density at radius 2 is 2.24 bits per heavy atom. The Morgan fingerprint density at radius 1 is 1.47 bits per heavy atom. The van der Waals surface area contributed by atoms with Crippen molar-refractivity contribution >= 4 is 15.9 Å². The summed E-state index contributed by atoms with van der Waals surface area (Å²) in [5, 5.41) is 0. The molecular weight excluding hydrogens is 282 g/mol. The number of H-pyrrole nitrogens is 2. The van der Waals surface area contributed by atoms with Gasteiger partial charge in [-0.1, -0.05) is 13.8 Å². The van der Waals surface area contributed by atoms with E-state index in [1.165, 1.54) is 0 Å². The summed E-state index contributed by atoms with van der Waals surface area (Å²) in [7, 11) is 0. The van der Waals surface area contributed by atoms with E-state index >= 15 is 0 Å². The van der Waals surface area contributed by atoms with Crippen molar-refractivity contribution in [2.75, 3.05) is 0 Å². The summed E-state index contributed by atoms with van der Waals surface area (Å²) in [4.78, 5) is 22.0. The van der Waals surface area contributed by atoms with Gasteiger partial charge in [0.05, 0.1) is 11.4 Å². The third-order valence-corrected chi connectivity index (χ3v) is 3.20. The van der Waals surface area contributed by atoms with Crippen LogP contribution in [0.3, 0.4) is 0 Å². The smallest absolute Gasteiger partial charge is 0.265 e. The molecule has 0 bridgehead atoms. The summed E-state index contributed by atoms with van der Waals surface area (Å²) >= 11 is 3.29. The van der Waals surface area contributed by atoms with Gasteiger partial charge >= 0.3 is 0 Å². The van der Waals surface area contributed by atoms with Crippen LogP contribution >= 0.6 is 15.9 Å². The molecule has 0 fully saturated rings. The van der Waals surface area contributed by atoms with E-state index in [-0.39, 0.29) is 5.56 Å². The van der Waals surface area contributed by atoms with Gasteiger partial charge in [0.1, 0.15) is 4.47 Å². The summed E-state index contributed by atoms with van der Waals surface area (Å²) in [6, 6.07) is 3.75. The summed E-state index contributed by atoms with van der Waals surface area (Å²) in [5.74, 6) is 1.04. The second kappa shape index (κ2) is 4.87. The second-order valence-electron chi connectivity index (χ2n) is 4.36. The molecule has 2 aromatic rings. The van der Waals surface area contributed by atoms with Crippen LogP contribution in [0.4, 0.5) is 0 Å². The predicted octanol–water partition coefficient (Wildman–Crippen LogP) is 2.73. The molecule has 0 aromatic carbocycles. The van der Waals surface area contributed by atoms with E-state index in [1.54, 1.807) is 6.20 Å². The van der Waals surface area contributed by atoms with Gasteiger partial charge < -0.3 is 9.97 Å². The van der Waals surface area contributed by atoms with Gasteiger partial charge in [-0.05, 0) is 40.4 Å². The molecule has 0 saturated heterocycles. The lowest BCUT2D eigenvalue weighted by Gasteiger charge is -2.07. The van der Waals surface area contributed by atoms with Gasteiger partial charge in [0.15, 0.2) is 5.82 Å². The Morgan fingerprint density at radius 3 is 2.82 bits per heavy atom. The molecule has 2 heterocycles. The molecule has 2 aromatic heterocycles. The highest BCUT2D eigenvalue weighted by atomic mass is 79.9. The molecule has 0 saturated carbocycles. The standard InChI is InChI=1S/C12H14BrN3O/c1-7(2)6-9-10(13)12(17)16-11(15-9)8-4-3-5-14-8/h3-5,7,14H,6H2,1-2H3,(H,15,16,17). The Kier molecular flexibility index (Phi) is 3.47. The van der Waals surface area contributed by atoms with Gasteiger partial charge in [-0.3, -0.25) is 4.79 Å². The molecule has 4 nitrogen and oxygen atoms in total. The van der Waals surface area contributed by atoms with E-state index in [1.807, 2.05) is 12.1 Å². The third-order valence-electron chi connectivity index (χ3n) is 2.39. The van der Waals surface area contributed by atoms with Crippen LogP contribution in [0.15, 0.2) is 27.6 Å². The molecule has 0 amide bonds. The topological polar surface area (TPSA) is 61.5 Å². The lowest BCUT2D eigenvalue weighted by molar-refractivity contribution is 0.631. The van der Waals surface area contributed by atoms with Crippen LogP contribution in [0.25, 0.3) is 11.5 Å². The van der Waals surface area contributed by atoms with Crippen molar-refractivity contribution in [3.63, 3.8) is 0 Å². The Balaban J connectivity index is 2.50. The van der Waals surface area contributed by atoms with Crippen LogP contribution < -0.4 is 5.56 Å². The largest absolute Gasteiger partial charge is 0.359 e. The monoisotopic (exact) mass is 295 g/mol. The van der Waals surface area contributed by atoms with Gasteiger partial charge in [-0.15, -0.1) is 0 Å². The van der Waals surface area contributed by atoms with Gasteiger partial charge in [0.2, 0.25) is 0 Å². The van der Waals surface area contributed by atoms with E-state index in [0.717, 1.165) is 17.8 Å². The van der Waals surface area contributed by atoms with Crippen LogP contribution in [-0.2, 0) is 6.42 Å². The molecule has 5 heteroatoms. The van der Waals surface area contributed by atoms with Crippen molar-refractivity contribution in [2.45, 2.75) is 20.3 Å². The van der Waals surface area contributed by atoms with Crippen molar-refractivity contribution in [2.24, 2.45) is 5.92 Å². The SMILES string of the molecule is CC(C)Cc1nc(-c2ccc[nH]2)[nH]c(=O)c1Br. The fourth-order valence-electron chi connectivity index (χ4n) is 1.63. The van der Waals surface area contributed by atoms with Gasteiger partial charge in [-0.25, -0.2) is 4.98 Å². The summed E-state index contributed by atoms with van der Waals surface area (Å²) in [6.07, 6.45) is 2.58. The lowest BCUT2D eigenvalue weighted by Crippen LogP contribution is -2.15. The summed E-state index contributed by atoms with van der Waals surface area (Å²) in [5.41, 5.74) is 1.48. The molecule has 0 atom stereocenters. The predicted molar refractivity (Wildman–Crippen MR) is 70.9 cm³/mol. The third kappa shape index (κ3) is 2.66. The molecule has 0 aliphatic carbocycles. The number of aromatic nitrogens is 3. The molecular formula is C12H14BrN3O. The number of aromatic amines is 2. The average molecular weight is 296 g/mol. The van der Waals surface area contributed by atoms with Crippen LogP contribution in [0.5, 0.6) is 0 Å². The van der Waals surface area contributed by atoms with E-state index in [4.69, 9.17) is 0 Å². The maximum Gasteiger partial charge on any atom is 0.265 e. The normalized spacial score (nSPS) is 11.1. The first kappa shape index (κ1) is 12.1. The van der Waals surface area contributed by atoms with E-state index in [9.17, 15) is 4.79 Å². The highest BCUT2D eigenvalue weighted by Crippen LogP contribution is 2.17. The molecule has 90 valence electrons. The molecule has 2 rings (SSSR count). The van der Waals surface area contributed by atoms with Crippen molar-refractivity contribution < 1.29 is 0 Å². The van der Waals surface area contributed by atoms with E-state index < -0.39 is 0 Å². The minimum absolute atomic E-state index is 0.139. The Bertz CT molecular complexity index is 558. The fraction of sp³-hybridized carbons (Fsp3) is 0.333. The first-order valence-corrected chi connectivity index (χ1v) is 6.29. The highest BCUT2D eigenvalue weighted by molar-refractivity contribution is 9.10. The van der Waals surface area contributed by atoms with Crippen molar-refractivity contribution in [3.05, 3.63) is 38.9 Å². The van der Waals surface area contributed by atoms with Crippen LogP contribution in [0.1, 0.15) is 19.5 Å². The fourth-order valence-corrected chi connectivity index (χ4v) is 1.98. The zero-order valence-corrected chi connectivity index (χ0v) is 11.3. The number of nitrogens with zero attached hydrogens (tertiary/aromatic N) is 1. The Hall–Kier alpha value is -1.36. The average Bonchev–Trinajstić information content (AvgIpc) is 2.77. The van der Waals surface area contributed by atoms with Crippen molar-refractivity contribution in [1.82, 2.24) is 15.0 Å². The maximum absolute atomic E-state index is 11.8. The van der Waals surface area contributed by atoms with Crippen LogP contribution in [0.2, 0.25) is 0 Å². The molecule has 0 spiro atoms. The summed E-state index contributed by atoms with van der Waals surface area (Å²) in [6.45, 7) is 4.20. The Labute approximate surface area is 108 Å². The number of rotatable bonds is 3. The first-order chi connectivity index (χ1) is 8.08. The minimum Gasteiger partial charge on any atom is -0.359 e. The number of hydrogen-bond donors (Lipinski definition) is 2. The zero-order chi connectivity index (χ0) is 12.4. The van der Waals surface area contributed by atoms with Gasteiger partial charge in [0, 0.05) is 6.20 Å². The number of hydrogen-bond acceptors (Lipinski definition) is 2. The molecule has 0 aliphatic heterocycles. The number of halogens is 1. The summed E-state index contributed by atoms with van der Waals surface area (Å²) < 4.78 is 0.529. The quantitative estimate of drug-likeness (QED) is 0.915. The van der Waals surface area contributed by atoms with E-state index in [2.05, 4.69) is 44.7 Å². The zero-order valence-electron chi connectivity index (χ0n) is 9.75. The van der Waals surface area contributed by atoms with Gasteiger partial charge in [0.25, 0.3) is 5.56 Å². The van der Waals surface area contributed by atoms with Crippen LogP contribution in [0, 0.1) is 5.92 Å². The molecule has 17 heavy (non-hydrogen) atoms. The van der Waals surface area contributed by atoms with Crippen LogP contribution in [-0.4, -0.2) is 15.0 Å². The molecule has 0 unspecified atom stereocenters. The maximum atomic E-state index is 11.8. The first-order valence-electron chi connectivity index (χ1n) is 5.50. The lowest BCUT2D eigenvalue weighted by atomic mass is 10.1. The highest BCUT2D eigenvalue weighted by Gasteiger charge is 2.11. The van der Waals surface area contributed by atoms with Gasteiger partial charge in [-0.2, -0.15) is 0 Å². The minimum atomic E-state index is -0.139. The molecule has 2 N–H and O–H groups in total. The second-order valence-corrected chi connectivity index (χ2v) is 5.15. The van der Waals surface area contributed by atoms with Crippen molar-refractivity contribution in [1.29, 1.82) is 0 Å². The number of nitrogens with one attached hydrogen (secondary N) is 2. The van der Waals surface area contributed by atoms with Crippen molar-refractivity contribution in [3.8, 4) is 11.5 Å².